The molecular formula is C33H37N5O4. The molecule has 4 rings (SSSR count). The van der Waals surface area contributed by atoms with Gasteiger partial charge in [0.25, 0.3) is 0 Å². The van der Waals surface area contributed by atoms with E-state index in [9.17, 15) is 14.4 Å². The Hall–Kier alpha value is -4.92. The number of anilines is 2. The summed E-state index contributed by atoms with van der Waals surface area (Å²) in [7, 11) is 0. The van der Waals surface area contributed by atoms with Gasteiger partial charge in [0, 0.05) is 17.8 Å². The summed E-state index contributed by atoms with van der Waals surface area (Å²) in [4.78, 5) is 40.3. The van der Waals surface area contributed by atoms with E-state index in [0.29, 0.717) is 23.6 Å². The van der Waals surface area contributed by atoms with Gasteiger partial charge >= 0.3 is 12.0 Å². The van der Waals surface area contributed by atoms with Gasteiger partial charge in [-0.05, 0) is 68.7 Å². The van der Waals surface area contributed by atoms with Gasteiger partial charge in [0.1, 0.15) is 12.4 Å². The summed E-state index contributed by atoms with van der Waals surface area (Å²) in [5, 5.41) is 10.7. The molecule has 0 spiro atoms. The lowest BCUT2D eigenvalue weighted by Crippen LogP contribution is -2.42. The number of benzene rings is 3. The third kappa shape index (κ3) is 7.42. The van der Waals surface area contributed by atoms with Gasteiger partial charge in [-0.3, -0.25) is 4.79 Å². The summed E-state index contributed by atoms with van der Waals surface area (Å²) in [6.07, 6.45) is 0. The van der Waals surface area contributed by atoms with Crippen LogP contribution in [-0.2, 0) is 9.53 Å². The number of hydrogen-bond acceptors (Lipinski definition) is 5. The number of urea groups is 1. The summed E-state index contributed by atoms with van der Waals surface area (Å²) in [5.74, 6) is -0.126. The van der Waals surface area contributed by atoms with Crippen molar-refractivity contribution < 1.29 is 19.1 Å². The quantitative estimate of drug-likeness (QED) is 0.214. The van der Waals surface area contributed by atoms with Gasteiger partial charge in [0.2, 0.25) is 5.91 Å². The van der Waals surface area contributed by atoms with Crippen molar-refractivity contribution in [3.05, 3.63) is 95.7 Å². The molecule has 9 nitrogen and oxygen atoms in total. The Kier molecular flexibility index (Phi) is 9.75. The second-order valence-corrected chi connectivity index (χ2v) is 10.5. The van der Waals surface area contributed by atoms with E-state index in [-0.39, 0.29) is 25.0 Å². The Morgan fingerprint density at radius 2 is 1.57 bits per heavy atom. The van der Waals surface area contributed by atoms with Crippen molar-refractivity contribution in [1.29, 1.82) is 0 Å². The molecule has 0 aliphatic carbocycles. The van der Waals surface area contributed by atoms with Crippen molar-refractivity contribution in [2.75, 3.05) is 30.3 Å². The second kappa shape index (κ2) is 13.6. The van der Waals surface area contributed by atoms with Crippen molar-refractivity contribution in [3.63, 3.8) is 0 Å². The number of hydrogen-bond donors (Lipinski definition) is 2. The molecule has 42 heavy (non-hydrogen) atoms. The van der Waals surface area contributed by atoms with Crippen molar-refractivity contribution >= 4 is 29.4 Å². The van der Waals surface area contributed by atoms with Crippen LogP contribution in [0.4, 0.5) is 16.3 Å². The highest BCUT2D eigenvalue weighted by Crippen LogP contribution is 2.33. The zero-order chi connectivity index (χ0) is 30.2. The smallest absolute Gasteiger partial charge is 0.338 e. The molecule has 0 fully saturated rings. The fraction of sp³-hybridized carbons (Fsp3) is 0.273. The van der Waals surface area contributed by atoms with E-state index in [4.69, 9.17) is 9.84 Å². The molecule has 0 saturated carbocycles. The number of amides is 3. The van der Waals surface area contributed by atoms with E-state index in [1.165, 1.54) is 4.90 Å². The van der Waals surface area contributed by atoms with Crippen LogP contribution in [0.15, 0.2) is 78.9 Å². The van der Waals surface area contributed by atoms with E-state index in [2.05, 4.69) is 10.6 Å². The van der Waals surface area contributed by atoms with E-state index in [0.717, 1.165) is 28.1 Å². The highest BCUT2D eigenvalue weighted by atomic mass is 16.5. The van der Waals surface area contributed by atoms with Crippen LogP contribution < -0.4 is 10.6 Å². The third-order valence-corrected chi connectivity index (χ3v) is 6.51. The first-order valence-electron chi connectivity index (χ1n) is 14.0. The Morgan fingerprint density at radius 3 is 2.19 bits per heavy atom. The number of aromatic nitrogens is 2. The SMILES string of the molecule is CCOC(=O)c1ccc(NC(=O)N(CC(=O)Nc2c(-c3ccccc3)c(C)nn2-c2ccc(C)cc2)CC(C)C)cc1. The average Bonchev–Trinajstić information content (AvgIpc) is 3.28. The van der Waals surface area contributed by atoms with Crippen LogP contribution in [0, 0.1) is 19.8 Å². The van der Waals surface area contributed by atoms with Gasteiger partial charge in [-0.15, -0.1) is 0 Å². The van der Waals surface area contributed by atoms with E-state index < -0.39 is 12.0 Å². The maximum absolute atomic E-state index is 13.5. The highest BCUT2D eigenvalue weighted by molar-refractivity contribution is 5.99. The molecule has 1 aromatic heterocycles. The minimum absolute atomic E-state index is 0.120. The predicted molar refractivity (Wildman–Crippen MR) is 165 cm³/mol. The Bertz CT molecular complexity index is 1530. The lowest BCUT2D eigenvalue weighted by molar-refractivity contribution is -0.116. The molecule has 1 heterocycles. The summed E-state index contributed by atoms with van der Waals surface area (Å²) in [6.45, 7) is 10.1. The van der Waals surface area contributed by atoms with E-state index >= 15 is 0 Å². The maximum Gasteiger partial charge on any atom is 0.338 e. The summed E-state index contributed by atoms with van der Waals surface area (Å²) < 4.78 is 6.75. The molecule has 4 aromatic rings. The lowest BCUT2D eigenvalue weighted by Gasteiger charge is -2.24. The Morgan fingerprint density at radius 1 is 0.905 bits per heavy atom. The second-order valence-electron chi connectivity index (χ2n) is 10.5. The Balaban J connectivity index is 1.57. The van der Waals surface area contributed by atoms with Gasteiger partial charge < -0.3 is 20.3 Å². The zero-order valence-electron chi connectivity index (χ0n) is 24.7. The number of ether oxygens (including phenoxy) is 1. The van der Waals surface area contributed by atoms with Crippen LogP contribution in [0.3, 0.4) is 0 Å². The van der Waals surface area contributed by atoms with Crippen LogP contribution >= 0.6 is 0 Å². The number of nitrogens with one attached hydrogen (secondary N) is 2. The molecule has 9 heteroatoms. The zero-order valence-corrected chi connectivity index (χ0v) is 24.7. The largest absolute Gasteiger partial charge is 0.462 e. The molecule has 218 valence electrons. The number of aryl methyl sites for hydroxylation is 2. The number of esters is 1. The van der Waals surface area contributed by atoms with Crippen LogP contribution in [0.25, 0.3) is 16.8 Å². The maximum atomic E-state index is 13.5. The van der Waals surface area contributed by atoms with Gasteiger partial charge in [-0.25, -0.2) is 14.3 Å². The molecule has 0 atom stereocenters. The molecule has 0 bridgehead atoms. The normalized spacial score (nSPS) is 10.8. The van der Waals surface area contributed by atoms with Crippen molar-refractivity contribution in [1.82, 2.24) is 14.7 Å². The first-order chi connectivity index (χ1) is 20.2. The van der Waals surface area contributed by atoms with Crippen molar-refractivity contribution in [3.8, 4) is 16.8 Å². The third-order valence-electron chi connectivity index (χ3n) is 6.51. The minimum atomic E-state index is -0.427. The number of carbonyl (C=O) groups is 3. The van der Waals surface area contributed by atoms with Gasteiger partial charge in [0.15, 0.2) is 0 Å². The van der Waals surface area contributed by atoms with Crippen molar-refractivity contribution in [2.24, 2.45) is 5.92 Å². The Labute approximate surface area is 246 Å². The molecule has 2 N–H and O–H groups in total. The molecule has 0 aliphatic rings. The summed E-state index contributed by atoms with van der Waals surface area (Å²) >= 11 is 0. The molecule has 0 aliphatic heterocycles. The molecular weight excluding hydrogens is 530 g/mol. The van der Waals surface area contributed by atoms with Crippen LogP contribution in [0.1, 0.15) is 42.4 Å². The average molecular weight is 568 g/mol. The fourth-order valence-electron chi connectivity index (χ4n) is 4.58. The molecule has 0 saturated heterocycles. The molecule has 3 aromatic carbocycles. The highest BCUT2D eigenvalue weighted by Gasteiger charge is 2.23. The number of nitrogens with zero attached hydrogens (tertiary/aromatic N) is 3. The van der Waals surface area contributed by atoms with Crippen LogP contribution in [0.5, 0.6) is 0 Å². The molecule has 3 amide bonds. The number of carbonyl (C=O) groups excluding carboxylic acids is 3. The monoisotopic (exact) mass is 567 g/mol. The van der Waals surface area contributed by atoms with E-state index in [1.54, 1.807) is 35.9 Å². The topological polar surface area (TPSA) is 106 Å². The van der Waals surface area contributed by atoms with Gasteiger partial charge in [0.05, 0.1) is 23.6 Å². The van der Waals surface area contributed by atoms with Gasteiger partial charge in [-0.2, -0.15) is 5.10 Å². The van der Waals surface area contributed by atoms with Crippen LogP contribution in [0.2, 0.25) is 0 Å². The van der Waals surface area contributed by atoms with Crippen molar-refractivity contribution in [2.45, 2.75) is 34.6 Å². The molecule has 0 unspecified atom stereocenters. The minimum Gasteiger partial charge on any atom is -0.462 e. The summed E-state index contributed by atoms with van der Waals surface area (Å²) in [6, 6.07) is 23.7. The number of rotatable bonds is 10. The lowest BCUT2D eigenvalue weighted by atomic mass is 10.1. The fourth-order valence-corrected chi connectivity index (χ4v) is 4.58. The molecule has 0 radical (unpaired) electrons. The summed E-state index contributed by atoms with van der Waals surface area (Å²) in [5.41, 5.74) is 5.31. The van der Waals surface area contributed by atoms with Crippen LogP contribution in [-0.4, -0.2) is 52.3 Å². The predicted octanol–water partition coefficient (Wildman–Crippen LogP) is 6.46. The van der Waals surface area contributed by atoms with E-state index in [1.807, 2.05) is 82.3 Å². The van der Waals surface area contributed by atoms with Gasteiger partial charge in [-0.1, -0.05) is 61.9 Å². The first-order valence-corrected chi connectivity index (χ1v) is 14.0. The first kappa shape index (κ1) is 30.0. The standard InChI is InChI=1S/C33H37N5O4/c1-6-42-32(40)26-14-16-27(17-15-26)34-33(41)37(20-22(2)3)21-29(39)35-31-30(25-10-8-7-9-11-25)24(5)36-38(31)28-18-12-23(4)13-19-28/h7-19,22H,6,20-21H2,1-5H3,(H,34,41)(H,35,39).